The van der Waals surface area contributed by atoms with E-state index >= 15 is 0 Å². The van der Waals surface area contributed by atoms with Crippen LogP contribution in [0.4, 0.5) is 0 Å². The molecule has 121 heavy (non-hydrogen) atoms. The Hall–Kier alpha value is -12.9. The number of fused-ring (bicyclic) bond motifs is 2. The molecule has 5 aromatic rings. The third kappa shape index (κ3) is 33.4. The first kappa shape index (κ1) is 98.7. The Morgan fingerprint density at radius 3 is 1.09 bits per heavy atom. The number of carboxylic acid groups (broad SMARTS) is 5. The number of carbonyl (C=O) groups excluding carboxylic acids is 14. The van der Waals surface area contributed by atoms with Crippen LogP contribution in [0.2, 0.25) is 0 Å². The SMILES string of the molecule is CC(C)C[C@H](NC(=O)[C@H](CCC(=O)O)NC(=O)[C@H](Cc1c[nH]c2ccccc12)NC(=O)[C@H](CS)NC(=O)[C@H](CCC(=O)O)NC(=O)[C@H](CCC(=O)O)NC(=O)CNC(=O)CNC(=O)[C@H](Cc1ccc(O)cc1)NC(=O)[C@H](CCC(=O)O)NC(=O)CNC(=O)[C@@H](NC(=O)[C@H](Cc1c[nH]c2ccccc12)NC(=O)[C@H](CS)NC(=O)[C@H](C)N)[C@@H](C)O)C(=O)O. The molecular weight excluding hydrogens is 1630 g/mol. The van der Waals surface area contributed by atoms with Gasteiger partial charge in [-0.25, -0.2) is 4.79 Å². The molecule has 0 aliphatic carbocycles. The number of phenolic OH excluding ortho intramolecular Hbond substituents is 1. The number of aliphatic hydroxyl groups is 1. The van der Waals surface area contributed by atoms with E-state index in [2.05, 4.69) is 110 Å². The van der Waals surface area contributed by atoms with Crippen LogP contribution in [0.3, 0.4) is 0 Å². The average Bonchev–Trinajstić information content (AvgIpc) is 1.70. The summed E-state index contributed by atoms with van der Waals surface area (Å²) < 4.78 is 0. The van der Waals surface area contributed by atoms with Crippen molar-refractivity contribution in [1.82, 2.24) is 84.4 Å². The van der Waals surface area contributed by atoms with Gasteiger partial charge in [0.25, 0.3) is 0 Å². The lowest BCUT2D eigenvalue weighted by molar-refractivity contribution is -0.143. The van der Waals surface area contributed by atoms with E-state index in [-0.39, 0.29) is 42.2 Å². The zero-order valence-electron chi connectivity index (χ0n) is 66.0. The van der Waals surface area contributed by atoms with Crippen LogP contribution in [-0.4, -0.2) is 268 Å². The fraction of sp³-hybridized carbons (Fsp3) is 0.461. The Labute approximate surface area is 701 Å². The van der Waals surface area contributed by atoms with Crippen molar-refractivity contribution in [3.8, 4) is 5.75 Å². The summed E-state index contributed by atoms with van der Waals surface area (Å²) >= 11 is 8.36. The number of aromatic amines is 2. The highest BCUT2D eigenvalue weighted by molar-refractivity contribution is 7.80. The van der Waals surface area contributed by atoms with E-state index in [0.717, 1.165) is 6.92 Å². The van der Waals surface area contributed by atoms with E-state index < -0.39 is 274 Å². The highest BCUT2D eigenvalue weighted by Crippen LogP contribution is 2.22. The molecule has 13 atom stereocenters. The molecule has 2 aromatic heterocycles. The van der Waals surface area contributed by atoms with Crippen LogP contribution in [0.5, 0.6) is 5.75 Å². The minimum absolute atomic E-state index is 0.0522. The Bertz CT molecular complexity index is 4560. The number of aliphatic carboxylic acids is 5. The van der Waals surface area contributed by atoms with Crippen LogP contribution in [-0.2, 0) is 110 Å². The fourth-order valence-electron chi connectivity index (χ4n) is 11.9. The van der Waals surface area contributed by atoms with Gasteiger partial charge in [0.2, 0.25) is 82.7 Å². The van der Waals surface area contributed by atoms with E-state index in [9.17, 15) is 127 Å². The van der Waals surface area contributed by atoms with Crippen molar-refractivity contribution in [2.45, 2.75) is 183 Å². The second-order valence-electron chi connectivity index (χ2n) is 28.5. The number of carbonyl (C=O) groups is 19. The molecule has 0 radical (unpaired) electrons. The lowest BCUT2D eigenvalue weighted by Crippen LogP contribution is -2.60. The Morgan fingerprint density at radius 2 is 0.702 bits per heavy atom. The van der Waals surface area contributed by atoms with Gasteiger partial charge >= 0.3 is 29.8 Å². The average molecular weight is 1730 g/mol. The summed E-state index contributed by atoms with van der Waals surface area (Å²) in [7, 11) is 0. The number of hydrogen-bond donors (Lipinski definition) is 26. The topological polar surface area (TPSA) is 692 Å². The van der Waals surface area contributed by atoms with E-state index in [1.807, 2.05) is 0 Å². The number of phenols is 1. The van der Waals surface area contributed by atoms with E-state index in [0.29, 0.717) is 32.9 Å². The van der Waals surface area contributed by atoms with E-state index in [1.165, 1.54) is 37.4 Å². The van der Waals surface area contributed by atoms with Crippen molar-refractivity contribution in [2.24, 2.45) is 11.7 Å². The van der Waals surface area contributed by atoms with Gasteiger partial charge in [-0.15, -0.1) is 0 Å². The maximum absolute atomic E-state index is 14.3. The lowest BCUT2D eigenvalue weighted by Gasteiger charge is -2.27. The number of rotatable bonds is 52. The molecule has 25 N–H and O–H groups in total. The predicted molar refractivity (Wildman–Crippen MR) is 434 cm³/mol. The number of carboxylic acids is 5. The summed E-state index contributed by atoms with van der Waals surface area (Å²) in [5.74, 6) is -24.0. The molecule has 5 rings (SSSR count). The fourth-order valence-corrected chi connectivity index (χ4v) is 12.4. The van der Waals surface area contributed by atoms with Gasteiger partial charge < -0.3 is 126 Å². The first-order valence-corrected chi connectivity index (χ1v) is 39.2. The van der Waals surface area contributed by atoms with Crippen molar-refractivity contribution in [1.29, 1.82) is 0 Å². The number of amides is 14. The van der Waals surface area contributed by atoms with Gasteiger partial charge in [-0.3, -0.25) is 86.3 Å². The first-order chi connectivity index (χ1) is 57.2. The first-order valence-electron chi connectivity index (χ1n) is 37.9. The zero-order chi connectivity index (χ0) is 89.9. The molecule has 0 aliphatic heterocycles. The van der Waals surface area contributed by atoms with Crippen LogP contribution in [0, 0.1) is 5.92 Å². The number of aromatic nitrogens is 2. The van der Waals surface area contributed by atoms with Crippen molar-refractivity contribution < 1.29 is 127 Å². The molecule has 0 spiro atoms. The molecule has 0 saturated carbocycles. The maximum Gasteiger partial charge on any atom is 0.326 e. The standard InChI is InChI=1S/C76H101N17O26S2/c1-36(2)25-54(76(118)119)90-69(111)49(19-23-62(103)104)86-71(113)52(27-40-29-78-45-11-7-5-9-43(40)45)88-74(116)56(35-121)92-70(112)50(20-24-63(105)106)85-67(109)47(17-21-60(99)100)83-58(97)32-80-57(96)31-81-66(108)51(26-39-13-15-42(95)16-14-39)87-68(110)48(18-22-61(101)102)84-59(98)33-82-75(117)64(38(4)94)93-72(114)53(28-41-30-79-46-12-8-6-10-44(41)46)89-73(115)55(34-120)91-65(107)37(3)77/h5-16,29-30,36-38,47-56,64,78-79,94-95,120-121H,17-28,31-35,77H2,1-4H3,(H,80,96)(H,81,108)(H,82,117)(H,83,97)(H,84,98)(H,85,109)(H,86,113)(H,87,110)(H,88,116)(H,89,115)(H,90,111)(H,91,107)(H,92,112)(H,93,114)(H,99,100)(H,101,102)(H,103,104)(H,105,106)(H,118,119)/t37-,38+,47-,48-,49-,50-,51-,52-,53-,54-,55-,56-,64-/m0/s1. The second-order valence-corrected chi connectivity index (χ2v) is 29.2. The normalized spacial score (nSPS) is 14.3. The number of benzene rings is 3. The van der Waals surface area contributed by atoms with E-state index in [4.69, 9.17) is 5.73 Å². The Morgan fingerprint density at radius 1 is 0.372 bits per heavy atom. The van der Waals surface area contributed by atoms with Gasteiger partial charge in [0, 0.05) is 90.7 Å². The van der Waals surface area contributed by atoms with Crippen molar-refractivity contribution in [2.75, 3.05) is 31.1 Å². The smallest absolute Gasteiger partial charge is 0.326 e. The lowest BCUT2D eigenvalue weighted by atomic mass is 10.0. The number of thiol groups is 2. The third-order valence-corrected chi connectivity index (χ3v) is 19.1. The van der Waals surface area contributed by atoms with Gasteiger partial charge in [-0.05, 0) is 92.8 Å². The van der Waals surface area contributed by atoms with Gasteiger partial charge in [0.05, 0.1) is 31.8 Å². The summed E-state index contributed by atoms with van der Waals surface area (Å²) in [5, 5.41) is 103. The molecule has 0 aliphatic rings. The van der Waals surface area contributed by atoms with Crippen molar-refractivity contribution >= 4 is 160 Å². The summed E-state index contributed by atoms with van der Waals surface area (Å²) in [6, 6.07) is -0.648. The van der Waals surface area contributed by atoms with Crippen LogP contribution in [0.15, 0.2) is 85.2 Å². The van der Waals surface area contributed by atoms with Gasteiger partial charge in [0.1, 0.15) is 72.2 Å². The Balaban J connectivity index is 1.26. The molecule has 14 amide bonds. The molecule has 2 heterocycles. The third-order valence-electron chi connectivity index (χ3n) is 18.4. The number of aliphatic hydroxyl groups excluding tert-OH is 1. The van der Waals surface area contributed by atoms with Crippen LogP contribution in [0.25, 0.3) is 21.8 Å². The molecular formula is C76H101N17O26S2. The van der Waals surface area contributed by atoms with Gasteiger partial charge in [-0.2, -0.15) is 25.3 Å². The summed E-state index contributed by atoms with van der Waals surface area (Å²) in [5.41, 5.74) is 8.15. The number of para-hydroxylation sites is 2. The number of hydrogen-bond acceptors (Lipinski definition) is 24. The minimum Gasteiger partial charge on any atom is -0.508 e. The number of H-pyrrole nitrogens is 2. The van der Waals surface area contributed by atoms with Crippen molar-refractivity contribution in [3.63, 3.8) is 0 Å². The van der Waals surface area contributed by atoms with Gasteiger partial charge in [-0.1, -0.05) is 62.4 Å². The Kier molecular flexibility index (Phi) is 39.8. The quantitative estimate of drug-likeness (QED) is 0.0163. The molecule has 0 fully saturated rings. The molecule has 43 nitrogen and oxygen atoms in total. The number of aromatic hydroxyl groups is 1. The minimum atomic E-state index is -1.90. The van der Waals surface area contributed by atoms with Crippen LogP contribution >= 0.6 is 25.3 Å². The highest BCUT2D eigenvalue weighted by atomic mass is 32.1. The maximum atomic E-state index is 14.3. The highest BCUT2D eigenvalue weighted by Gasteiger charge is 2.38. The molecule has 45 heteroatoms. The molecule has 0 unspecified atom stereocenters. The second kappa shape index (κ2) is 48.8. The molecule has 0 saturated heterocycles. The van der Waals surface area contributed by atoms with Gasteiger partial charge in [0.15, 0.2) is 0 Å². The largest absolute Gasteiger partial charge is 0.508 e. The zero-order valence-corrected chi connectivity index (χ0v) is 67.8. The molecule has 0 bridgehead atoms. The number of nitrogens with two attached hydrogens (primary N) is 1. The van der Waals surface area contributed by atoms with Crippen LogP contribution in [0.1, 0.15) is 102 Å². The molecule has 3 aromatic carbocycles. The van der Waals surface area contributed by atoms with Crippen molar-refractivity contribution in [3.05, 3.63) is 102 Å². The monoisotopic (exact) mass is 1730 g/mol. The van der Waals surface area contributed by atoms with Crippen LogP contribution < -0.4 is 80.2 Å². The summed E-state index contributed by atoms with van der Waals surface area (Å²) in [6.45, 7) is 2.87. The number of nitrogens with one attached hydrogen (secondary N) is 16. The molecule has 658 valence electrons. The summed E-state index contributed by atoms with van der Waals surface area (Å²) in [4.78, 5) is 258. The summed E-state index contributed by atoms with van der Waals surface area (Å²) in [6.07, 6.45) is -5.38. The predicted octanol–water partition coefficient (Wildman–Crippen LogP) is -4.76. The van der Waals surface area contributed by atoms with E-state index in [1.54, 1.807) is 68.6 Å².